The van der Waals surface area contributed by atoms with Crippen LogP contribution < -0.4 is 0 Å². The Hall–Kier alpha value is -1.16. The largest absolute Gasteiger partial charge is 0.258 e. The zero-order valence-electron chi connectivity index (χ0n) is 9.98. The molecule has 5 heteroatoms. The molecule has 0 heterocycles. The lowest BCUT2D eigenvalue weighted by molar-refractivity contribution is 0.600. The van der Waals surface area contributed by atoms with Gasteiger partial charge < -0.3 is 0 Å². The maximum atomic E-state index is 12.2. The smallest absolute Gasteiger partial charge is 0.211 e. The summed E-state index contributed by atoms with van der Waals surface area (Å²) < 4.78 is 24.4. The highest BCUT2D eigenvalue weighted by molar-refractivity contribution is 9.11. The second-order valence-electron chi connectivity index (χ2n) is 3.82. The van der Waals surface area contributed by atoms with Gasteiger partial charge in [-0.3, -0.25) is 5.41 Å². The van der Waals surface area contributed by atoms with Crippen molar-refractivity contribution in [1.29, 1.82) is 5.41 Å². The molecule has 1 aromatic rings. The lowest BCUT2D eigenvalue weighted by Crippen LogP contribution is -2.05. The number of nitrogens with one attached hydrogen (secondary N) is 1. The highest BCUT2D eigenvalue weighted by Crippen LogP contribution is 2.22. The minimum atomic E-state index is -3.58. The van der Waals surface area contributed by atoms with Crippen molar-refractivity contribution >= 4 is 31.6 Å². The van der Waals surface area contributed by atoms with E-state index in [4.69, 9.17) is 5.41 Å². The average Bonchev–Trinajstić information content (AvgIpc) is 2.39. The molecule has 1 N–H and O–H groups in total. The maximum absolute atomic E-state index is 12.2. The van der Waals surface area contributed by atoms with E-state index < -0.39 is 9.84 Å². The van der Waals surface area contributed by atoms with Gasteiger partial charge in [0.2, 0.25) is 9.84 Å². The molecule has 0 aliphatic heterocycles. The van der Waals surface area contributed by atoms with Crippen LogP contribution in [-0.2, 0) is 9.84 Å². The number of halogens is 1. The van der Waals surface area contributed by atoms with Crippen molar-refractivity contribution < 1.29 is 8.42 Å². The molecule has 96 valence electrons. The lowest BCUT2D eigenvalue weighted by atomic mass is 10.2. The SMILES string of the molecule is C/C(=C\Br)CCC(=C=N)S(=O)(=O)c1ccccc1. The van der Waals surface area contributed by atoms with E-state index in [9.17, 15) is 8.42 Å². The van der Waals surface area contributed by atoms with Crippen molar-refractivity contribution in [3.8, 4) is 0 Å². The van der Waals surface area contributed by atoms with Crippen LogP contribution in [0.15, 0.2) is 50.7 Å². The van der Waals surface area contributed by atoms with Gasteiger partial charge in [0.15, 0.2) is 0 Å². The van der Waals surface area contributed by atoms with E-state index >= 15 is 0 Å². The quantitative estimate of drug-likeness (QED) is 0.839. The maximum Gasteiger partial charge on any atom is 0.211 e. The Balaban J connectivity index is 3.00. The third-order valence-corrected chi connectivity index (χ3v) is 5.08. The molecule has 0 saturated heterocycles. The zero-order chi connectivity index (χ0) is 13.6. The summed E-state index contributed by atoms with van der Waals surface area (Å²) in [5, 5.41) is 7.17. The second-order valence-corrected chi connectivity index (χ2v) is 6.25. The van der Waals surface area contributed by atoms with Gasteiger partial charge in [-0.05, 0) is 42.8 Å². The van der Waals surface area contributed by atoms with E-state index in [1.807, 2.05) is 6.92 Å². The summed E-state index contributed by atoms with van der Waals surface area (Å²) >= 11 is 3.19. The van der Waals surface area contributed by atoms with Crippen molar-refractivity contribution in [1.82, 2.24) is 0 Å². The van der Waals surface area contributed by atoms with E-state index in [0.717, 1.165) is 5.57 Å². The summed E-state index contributed by atoms with van der Waals surface area (Å²) in [6.07, 6.45) is 0.868. The van der Waals surface area contributed by atoms with Crippen molar-refractivity contribution in [3.63, 3.8) is 0 Å². The zero-order valence-corrected chi connectivity index (χ0v) is 12.4. The molecular weight excluding hydrogens is 314 g/mol. The van der Waals surface area contributed by atoms with Crippen molar-refractivity contribution in [2.75, 3.05) is 0 Å². The first-order valence-electron chi connectivity index (χ1n) is 5.37. The van der Waals surface area contributed by atoms with Gasteiger partial charge in [0.05, 0.1) is 4.90 Å². The molecule has 0 bridgehead atoms. The first-order chi connectivity index (χ1) is 8.52. The van der Waals surface area contributed by atoms with Crippen LogP contribution in [0, 0.1) is 5.41 Å². The van der Waals surface area contributed by atoms with Crippen LogP contribution in [0.5, 0.6) is 0 Å². The van der Waals surface area contributed by atoms with E-state index in [1.165, 1.54) is 12.1 Å². The Morgan fingerprint density at radius 2 is 1.94 bits per heavy atom. The Morgan fingerprint density at radius 3 is 2.44 bits per heavy atom. The molecule has 0 saturated carbocycles. The number of sulfone groups is 1. The van der Waals surface area contributed by atoms with Gasteiger partial charge in [0.25, 0.3) is 0 Å². The van der Waals surface area contributed by atoms with Crippen molar-refractivity contribution in [2.24, 2.45) is 0 Å². The van der Waals surface area contributed by atoms with Crippen LogP contribution in [0.2, 0.25) is 0 Å². The summed E-state index contributed by atoms with van der Waals surface area (Å²) in [5.74, 6) is 2.06. The molecule has 0 aliphatic rings. The third-order valence-electron chi connectivity index (χ3n) is 2.45. The number of hydrogen-bond acceptors (Lipinski definition) is 3. The van der Waals surface area contributed by atoms with Gasteiger partial charge >= 0.3 is 0 Å². The Morgan fingerprint density at radius 1 is 1.33 bits per heavy atom. The van der Waals surface area contributed by atoms with Gasteiger partial charge in [-0.2, -0.15) is 0 Å². The number of allylic oxidation sites excluding steroid dienone is 2. The summed E-state index contributed by atoms with van der Waals surface area (Å²) in [5.41, 5.74) is 1.02. The normalized spacial score (nSPS) is 12.0. The molecule has 0 unspecified atom stereocenters. The first-order valence-corrected chi connectivity index (χ1v) is 7.77. The fourth-order valence-corrected chi connectivity index (χ4v) is 2.91. The predicted octanol–water partition coefficient (Wildman–Crippen LogP) is 3.67. The molecular formula is C13H14BrNO2S. The molecule has 0 amide bonds. The van der Waals surface area contributed by atoms with Crippen LogP contribution in [-0.4, -0.2) is 14.3 Å². The first kappa shape index (κ1) is 14.9. The fraction of sp³-hybridized carbons (Fsp3) is 0.231. The van der Waals surface area contributed by atoms with Gasteiger partial charge in [0.1, 0.15) is 4.91 Å². The van der Waals surface area contributed by atoms with Crippen molar-refractivity contribution in [2.45, 2.75) is 24.7 Å². The van der Waals surface area contributed by atoms with Crippen molar-refractivity contribution in [3.05, 3.63) is 45.8 Å². The minimum Gasteiger partial charge on any atom is -0.258 e. The second kappa shape index (κ2) is 6.69. The van der Waals surface area contributed by atoms with Crippen LogP contribution >= 0.6 is 15.9 Å². The Kier molecular flexibility index (Phi) is 5.54. The highest BCUT2D eigenvalue weighted by atomic mass is 79.9. The number of hydrogen-bond donors (Lipinski definition) is 1. The van der Waals surface area contributed by atoms with Crippen LogP contribution in [0.3, 0.4) is 0 Å². The highest BCUT2D eigenvalue weighted by Gasteiger charge is 2.20. The minimum absolute atomic E-state index is 0.0161. The standard InChI is InChI=1S/C13H14BrNO2S/c1-11(9-14)7-8-13(10-15)18(16,17)12-5-3-2-4-6-12/h2-6,9,15H,7-8H2,1H3/b11-9+. The molecule has 0 aromatic heterocycles. The molecule has 0 atom stereocenters. The van der Waals surface area contributed by atoms with E-state index in [-0.39, 0.29) is 16.2 Å². The predicted molar refractivity (Wildman–Crippen MR) is 76.8 cm³/mol. The summed E-state index contributed by atoms with van der Waals surface area (Å²) in [7, 11) is -3.58. The summed E-state index contributed by atoms with van der Waals surface area (Å²) in [4.78, 5) is 1.98. The fourth-order valence-electron chi connectivity index (χ4n) is 1.37. The molecule has 0 aliphatic carbocycles. The monoisotopic (exact) mass is 327 g/mol. The number of benzene rings is 1. The Labute approximate surface area is 116 Å². The van der Waals surface area contributed by atoms with Gasteiger partial charge in [-0.15, -0.1) is 0 Å². The average molecular weight is 328 g/mol. The molecule has 1 rings (SSSR count). The topological polar surface area (TPSA) is 58.0 Å². The molecule has 1 aromatic carbocycles. The Bertz CT molecular complexity index is 585. The number of rotatable bonds is 5. The van der Waals surface area contributed by atoms with Gasteiger partial charge in [-0.1, -0.05) is 39.7 Å². The van der Waals surface area contributed by atoms with Crippen LogP contribution in [0.4, 0.5) is 0 Å². The van der Waals surface area contributed by atoms with E-state index in [1.54, 1.807) is 23.2 Å². The molecule has 0 radical (unpaired) electrons. The van der Waals surface area contributed by atoms with Crippen LogP contribution in [0.1, 0.15) is 19.8 Å². The molecule has 3 nitrogen and oxygen atoms in total. The van der Waals surface area contributed by atoms with Gasteiger partial charge in [-0.25, -0.2) is 8.42 Å². The molecule has 0 fully saturated rings. The lowest BCUT2D eigenvalue weighted by Gasteiger charge is -2.06. The summed E-state index contributed by atoms with van der Waals surface area (Å²) in [6, 6.07) is 8.14. The third kappa shape index (κ3) is 3.67. The van der Waals surface area contributed by atoms with E-state index in [0.29, 0.717) is 6.42 Å². The molecule has 0 spiro atoms. The van der Waals surface area contributed by atoms with Crippen LogP contribution in [0.25, 0.3) is 0 Å². The summed E-state index contributed by atoms with van der Waals surface area (Å²) in [6.45, 7) is 1.89. The molecule has 18 heavy (non-hydrogen) atoms. The van der Waals surface area contributed by atoms with Gasteiger partial charge in [0, 0.05) is 0 Å². The van der Waals surface area contributed by atoms with E-state index in [2.05, 4.69) is 21.8 Å².